The number of carbonyl (C=O) groups is 1. The maximum atomic E-state index is 13.5. The Bertz CT molecular complexity index is 736. The van der Waals surface area contributed by atoms with Gasteiger partial charge in [-0.2, -0.15) is 8.78 Å². The molecule has 0 aliphatic heterocycles. The van der Waals surface area contributed by atoms with Crippen molar-refractivity contribution in [2.75, 3.05) is 5.32 Å². The highest BCUT2D eigenvalue weighted by atomic mass is 19.3. The predicted molar refractivity (Wildman–Crippen MR) is 86.2 cm³/mol. The van der Waals surface area contributed by atoms with Gasteiger partial charge in [-0.1, -0.05) is 17.3 Å². The molecular weight excluding hydrogens is 337 g/mol. The Kier molecular flexibility index (Phi) is 6.39. The molecule has 0 saturated heterocycles. The van der Waals surface area contributed by atoms with E-state index in [9.17, 15) is 18.0 Å². The molecule has 0 fully saturated rings. The second-order valence-corrected chi connectivity index (χ2v) is 4.90. The Hall–Kier alpha value is -3.03. The average molecular weight is 352 g/mol. The summed E-state index contributed by atoms with van der Waals surface area (Å²) in [6.45, 7) is -1.44. The number of halogens is 3. The standard InChI is InChI=1S/C17H15F3N2O3/c1-11(16(23)22-15-5-3-2-4-14(15)18)25-21-10-12-6-8-13(9-7-12)24-17(19)20/h2-11,17H,1H3,(H,22,23)/b21-10-/t11-/m1/s1. The number of amides is 1. The Labute approximate surface area is 142 Å². The van der Waals surface area contributed by atoms with Crippen molar-refractivity contribution in [1.29, 1.82) is 0 Å². The summed E-state index contributed by atoms with van der Waals surface area (Å²) >= 11 is 0. The zero-order valence-corrected chi connectivity index (χ0v) is 13.2. The number of ether oxygens (including phenoxy) is 1. The van der Waals surface area contributed by atoms with Gasteiger partial charge < -0.3 is 14.9 Å². The number of hydrogen-bond acceptors (Lipinski definition) is 4. The molecule has 1 N–H and O–H groups in total. The molecule has 0 bridgehead atoms. The van der Waals surface area contributed by atoms with Crippen molar-refractivity contribution in [1.82, 2.24) is 0 Å². The van der Waals surface area contributed by atoms with Crippen LogP contribution in [0.2, 0.25) is 0 Å². The molecule has 0 heterocycles. The summed E-state index contributed by atoms with van der Waals surface area (Å²) in [4.78, 5) is 16.9. The second kappa shape index (κ2) is 8.72. The normalized spacial score (nSPS) is 12.2. The summed E-state index contributed by atoms with van der Waals surface area (Å²) in [6.07, 6.45) is 0.344. The third-order valence-corrected chi connectivity index (χ3v) is 3.03. The Morgan fingerprint density at radius 2 is 1.84 bits per heavy atom. The van der Waals surface area contributed by atoms with Crippen LogP contribution in [0.25, 0.3) is 0 Å². The van der Waals surface area contributed by atoms with Crippen LogP contribution in [-0.4, -0.2) is 24.8 Å². The number of para-hydroxylation sites is 1. The molecule has 0 saturated carbocycles. The Morgan fingerprint density at radius 1 is 1.16 bits per heavy atom. The summed E-state index contributed by atoms with van der Waals surface area (Å²) in [5.41, 5.74) is 0.602. The van der Waals surface area contributed by atoms with E-state index in [1.54, 1.807) is 6.07 Å². The maximum Gasteiger partial charge on any atom is 0.387 e. The number of alkyl halides is 2. The highest BCUT2D eigenvalue weighted by molar-refractivity contribution is 5.94. The number of anilines is 1. The van der Waals surface area contributed by atoms with Gasteiger partial charge in [-0.05, 0) is 48.9 Å². The number of benzene rings is 2. The zero-order chi connectivity index (χ0) is 18.2. The summed E-state index contributed by atoms with van der Waals surface area (Å²) in [5.74, 6) is -1.11. The van der Waals surface area contributed by atoms with Gasteiger partial charge in [0.2, 0.25) is 6.10 Å². The summed E-state index contributed by atoms with van der Waals surface area (Å²) in [5, 5.41) is 6.03. The fourth-order valence-corrected chi connectivity index (χ4v) is 1.76. The topological polar surface area (TPSA) is 59.9 Å². The molecule has 132 valence electrons. The molecule has 2 rings (SSSR count). The monoisotopic (exact) mass is 352 g/mol. The van der Waals surface area contributed by atoms with E-state index in [2.05, 4.69) is 15.2 Å². The van der Waals surface area contributed by atoms with Crippen LogP contribution in [0.15, 0.2) is 53.7 Å². The van der Waals surface area contributed by atoms with Crippen molar-refractivity contribution in [2.45, 2.75) is 19.6 Å². The van der Waals surface area contributed by atoms with Crippen molar-refractivity contribution < 1.29 is 27.5 Å². The SMILES string of the molecule is C[C@@H](O/N=C\c1ccc(OC(F)F)cc1)C(=O)Nc1ccccc1F. The summed E-state index contributed by atoms with van der Waals surface area (Å²) in [6, 6.07) is 11.4. The van der Waals surface area contributed by atoms with Gasteiger partial charge in [0.15, 0.2) is 0 Å². The first-order valence-electron chi connectivity index (χ1n) is 7.25. The molecule has 2 aromatic rings. The molecule has 0 unspecified atom stereocenters. The molecular formula is C17H15F3N2O3. The van der Waals surface area contributed by atoms with Crippen molar-refractivity contribution in [2.24, 2.45) is 5.16 Å². The van der Waals surface area contributed by atoms with Crippen LogP contribution in [0.5, 0.6) is 5.75 Å². The van der Waals surface area contributed by atoms with Crippen molar-refractivity contribution in [3.8, 4) is 5.75 Å². The smallest absolute Gasteiger partial charge is 0.387 e. The molecule has 1 amide bonds. The van der Waals surface area contributed by atoms with Gasteiger partial charge in [0.05, 0.1) is 11.9 Å². The van der Waals surface area contributed by atoms with Crippen LogP contribution in [0.3, 0.4) is 0 Å². The lowest BCUT2D eigenvalue weighted by Crippen LogP contribution is -2.26. The minimum absolute atomic E-state index is 0.0192. The molecule has 2 aromatic carbocycles. The lowest BCUT2D eigenvalue weighted by atomic mass is 10.2. The number of rotatable bonds is 7. The first kappa shape index (κ1) is 18.3. The molecule has 1 atom stereocenters. The minimum atomic E-state index is -2.89. The molecule has 25 heavy (non-hydrogen) atoms. The fourth-order valence-electron chi connectivity index (χ4n) is 1.76. The molecule has 0 aliphatic rings. The summed E-state index contributed by atoms with van der Waals surface area (Å²) < 4.78 is 41.8. The van der Waals surface area contributed by atoms with Crippen molar-refractivity contribution in [3.63, 3.8) is 0 Å². The average Bonchev–Trinajstić information content (AvgIpc) is 2.58. The highest BCUT2D eigenvalue weighted by Gasteiger charge is 2.15. The van der Waals surface area contributed by atoms with Gasteiger partial charge in [0.1, 0.15) is 11.6 Å². The predicted octanol–water partition coefficient (Wildman–Crippen LogP) is 3.80. The van der Waals surface area contributed by atoms with Crippen molar-refractivity contribution in [3.05, 3.63) is 59.9 Å². The third-order valence-electron chi connectivity index (χ3n) is 3.03. The van der Waals surface area contributed by atoms with Gasteiger partial charge >= 0.3 is 6.61 Å². The molecule has 0 aromatic heterocycles. The van der Waals surface area contributed by atoms with E-state index in [-0.39, 0.29) is 11.4 Å². The van der Waals surface area contributed by atoms with Crippen LogP contribution in [-0.2, 0) is 9.63 Å². The quantitative estimate of drug-likeness (QED) is 0.609. The number of carbonyl (C=O) groups excluding carboxylic acids is 1. The van der Waals surface area contributed by atoms with Crippen LogP contribution in [0.4, 0.5) is 18.9 Å². The van der Waals surface area contributed by atoms with Gasteiger partial charge in [-0.25, -0.2) is 4.39 Å². The summed E-state index contributed by atoms with van der Waals surface area (Å²) in [7, 11) is 0. The van der Waals surface area contributed by atoms with Crippen LogP contribution >= 0.6 is 0 Å². The number of oxime groups is 1. The number of nitrogens with zero attached hydrogens (tertiary/aromatic N) is 1. The largest absolute Gasteiger partial charge is 0.435 e. The van der Waals surface area contributed by atoms with E-state index in [4.69, 9.17) is 4.84 Å². The molecule has 0 radical (unpaired) electrons. The minimum Gasteiger partial charge on any atom is -0.435 e. The Morgan fingerprint density at radius 3 is 2.48 bits per heavy atom. The molecule has 0 aliphatic carbocycles. The lowest BCUT2D eigenvalue weighted by molar-refractivity contribution is -0.126. The van der Waals surface area contributed by atoms with Gasteiger partial charge in [-0.15, -0.1) is 0 Å². The fraction of sp³-hybridized carbons (Fsp3) is 0.176. The van der Waals surface area contributed by atoms with Gasteiger partial charge in [0, 0.05) is 0 Å². The van der Waals surface area contributed by atoms with Crippen LogP contribution in [0.1, 0.15) is 12.5 Å². The third kappa shape index (κ3) is 5.83. The molecule has 5 nitrogen and oxygen atoms in total. The first-order valence-corrected chi connectivity index (χ1v) is 7.25. The van der Waals surface area contributed by atoms with E-state index in [1.807, 2.05) is 0 Å². The first-order chi connectivity index (χ1) is 12.0. The van der Waals surface area contributed by atoms with Gasteiger partial charge in [0.25, 0.3) is 5.91 Å². The molecule has 8 heteroatoms. The van der Waals surface area contributed by atoms with Gasteiger partial charge in [-0.3, -0.25) is 4.79 Å². The van der Waals surface area contributed by atoms with Crippen molar-refractivity contribution >= 4 is 17.8 Å². The number of hydrogen-bond donors (Lipinski definition) is 1. The van der Waals surface area contributed by atoms with E-state index in [0.717, 1.165) is 0 Å². The van der Waals surface area contributed by atoms with Crippen LogP contribution in [0, 0.1) is 5.82 Å². The zero-order valence-electron chi connectivity index (χ0n) is 13.2. The Balaban J connectivity index is 1.86. The van der Waals surface area contributed by atoms with Crippen LogP contribution < -0.4 is 10.1 Å². The molecule has 0 spiro atoms. The van der Waals surface area contributed by atoms with E-state index >= 15 is 0 Å². The highest BCUT2D eigenvalue weighted by Crippen LogP contribution is 2.15. The van der Waals surface area contributed by atoms with E-state index < -0.39 is 24.4 Å². The maximum absolute atomic E-state index is 13.5. The second-order valence-electron chi connectivity index (χ2n) is 4.90. The number of nitrogens with one attached hydrogen (secondary N) is 1. The lowest BCUT2D eigenvalue weighted by Gasteiger charge is -2.10. The van der Waals surface area contributed by atoms with E-state index in [0.29, 0.717) is 5.56 Å². The van der Waals surface area contributed by atoms with E-state index in [1.165, 1.54) is 55.6 Å².